The van der Waals surface area contributed by atoms with Gasteiger partial charge in [-0.05, 0) is 24.1 Å². The molecular weight excluding hydrogens is 243 g/mol. The molecule has 0 unspecified atom stereocenters. The molecular formula is C14H13FN4. The predicted molar refractivity (Wildman–Crippen MR) is 72.0 cm³/mol. The number of H-pyrrole nitrogens is 1. The molecule has 0 amide bonds. The molecule has 96 valence electrons. The highest BCUT2D eigenvalue weighted by molar-refractivity contribution is 5.95. The van der Waals surface area contributed by atoms with Gasteiger partial charge in [-0.25, -0.2) is 9.37 Å². The van der Waals surface area contributed by atoms with Gasteiger partial charge < -0.3 is 5.73 Å². The molecule has 3 N–H and O–H groups in total. The Morgan fingerprint density at radius 2 is 1.89 bits per heavy atom. The summed E-state index contributed by atoms with van der Waals surface area (Å²) in [5, 5.41) is 8.40. The SMILES string of the molecule is NCCc1nc(-c2ccc(F)c3ccccc23)n[nH]1. The van der Waals surface area contributed by atoms with Gasteiger partial charge in [-0.1, -0.05) is 24.3 Å². The van der Waals surface area contributed by atoms with Crippen LogP contribution in [0.2, 0.25) is 0 Å². The molecule has 0 radical (unpaired) electrons. The molecule has 0 atom stereocenters. The Balaban J connectivity index is 2.16. The largest absolute Gasteiger partial charge is 0.330 e. The first-order valence-electron chi connectivity index (χ1n) is 6.08. The van der Waals surface area contributed by atoms with Gasteiger partial charge in [0.05, 0.1) is 0 Å². The van der Waals surface area contributed by atoms with Crippen LogP contribution in [0.15, 0.2) is 36.4 Å². The third-order valence-corrected chi connectivity index (χ3v) is 3.02. The van der Waals surface area contributed by atoms with E-state index in [0.29, 0.717) is 24.2 Å². The normalized spacial score (nSPS) is 11.1. The van der Waals surface area contributed by atoms with E-state index in [1.807, 2.05) is 18.2 Å². The lowest BCUT2D eigenvalue weighted by atomic mass is 10.0. The summed E-state index contributed by atoms with van der Waals surface area (Å²) >= 11 is 0. The minimum Gasteiger partial charge on any atom is -0.330 e. The van der Waals surface area contributed by atoms with Gasteiger partial charge >= 0.3 is 0 Å². The number of benzene rings is 2. The number of aromatic nitrogens is 3. The maximum Gasteiger partial charge on any atom is 0.181 e. The Bertz CT molecular complexity index is 720. The van der Waals surface area contributed by atoms with Crippen LogP contribution in [-0.4, -0.2) is 21.7 Å². The van der Waals surface area contributed by atoms with Gasteiger partial charge in [0.1, 0.15) is 11.6 Å². The van der Waals surface area contributed by atoms with E-state index in [1.54, 1.807) is 12.1 Å². The molecule has 0 fully saturated rings. The Labute approximate surface area is 109 Å². The Hall–Kier alpha value is -2.27. The van der Waals surface area contributed by atoms with Crippen LogP contribution < -0.4 is 5.73 Å². The fraction of sp³-hybridized carbons (Fsp3) is 0.143. The first kappa shape index (κ1) is 11.8. The molecule has 19 heavy (non-hydrogen) atoms. The zero-order chi connectivity index (χ0) is 13.2. The molecule has 0 spiro atoms. The monoisotopic (exact) mass is 256 g/mol. The summed E-state index contributed by atoms with van der Waals surface area (Å²) in [5.41, 5.74) is 6.30. The van der Waals surface area contributed by atoms with Crippen molar-refractivity contribution in [3.05, 3.63) is 48.0 Å². The topological polar surface area (TPSA) is 67.6 Å². The Kier molecular flexibility index (Phi) is 2.97. The summed E-state index contributed by atoms with van der Waals surface area (Å²) in [6.45, 7) is 0.513. The molecule has 3 rings (SSSR count). The van der Waals surface area contributed by atoms with E-state index < -0.39 is 0 Å². The third kappa shape index (κ3) is 2.08. The molecule has 2 aromatic carbocycles. The molecule has 4 nitrogen and oxygen atoms in total. The lowest BCUT2D eigenvalue weighted by molar-refractivity contribution is 0.640. The van der Waals surface area contributed by atoms with E-state index >= 15 is 0 Å². The highest BCUT2D eigenvalue weighted by Crippen LogP contribution is 2.27. The maximum atomic E-state index is 13.7. The summed E-state index contributed by atoms with van der Waals surface area (Å²) in [6, 6.07) is 10.4. The second kappa shape index (κ2) is 4.78. The second-order valence-corrected chi connectivity index (χ2v) is 4.28. The number of rotatable bonds is 3. The molecule has 0 bridgehead atoms. The smallest absolute Gasteiger partial charge is 0.181 e. The van der Waals surface area contributed by atoms with Crippen molar-refractivity contribution in [1.29, 1.82) is 0 Å². The zero-order valence-corrected chi connectivity index (χ0v) is 10.2. The first-order valence-corrected chi connectivity index (χ1v) is 6.08. The average Bonchev–Trinajstić information content (AvgIpc) is 2.88. The van der Waals surface area contributed by atoms with Crippen molar-refractivity contribution in [3.8, 4) is 11.4 Å². The average molecular weight is 256 g/mol. The van der Waals surface area contributed by atoms with Gasteiger partial charge in [-0.3, -0.25) is 5.10 Å². The minimum atomic E-state index is -0.239. The lowest BCUT2D eigenvalue weighted by Crippen LogP contribution is -2.03. The first-order chi connectivity index (χ1) is 9.29. The van der Waals surface area contributed by atoms with E-state index in [4.69, 9.17) is 5.73 Å². The number of halogens is 1. The third-order valence-electron chi connectivity index (χ3n) is 3.02. The van der Waals surface area contributed by atoms with Crippen LogP contribution in [0.1, 0.15) is 5.82 Å². The van der Waals surface area contributed by atoms with Gasteiger partial charge in [0.15, 0.2) is 5.82 Å². The molecule has 3 aromatic rings. The van der Waals surface area contributed by atoms with Gasteiger partial charge in [0, 0.05) is 17.4 Å². The van der Waals surface area contributed by atoms with E-state index in [9.17, 15) is 4.39 Å². The Morgan fingerprint density at radius 1 is 1.11 bits per heavy atom. The molecule has 0 aliphatic heterocycles. The van der Waals surface area contributed by atoms with E-state index in [0.717, 1.165) is 16.8 Å². The summed E-state index contributed by atoms with van der Waals surface area (Å²) in [5.74, 6) is 1.07. The lowest BCUT2D eigenvalue weighted by Gasteiger charge is -2.03. The number of hydrogen-bond donors (Lipinski definition) is 2. The fourth-order valence-electron chi connectivity index (χ4n) is 2.12. The van der Waals surface area contributed by atoms with Crippen molar-refractivity contribution in [2.24, 2.45) is 5.73 Å². The number of fused-ring (bicyclic) bond motifs is 1. The fourth-order valence-corrected chi connectivity index (χ4v) is 2.12. The second-order valence-electron chi connectivity index (χ2n) is 4.28. The molecule has 0 aliphatic rings. The van der Waals surface area contributed by atoms with Crippen LogP contribution in [0.25, 0.3) is 22.2 Å². The number of aromatic amines is 1. The van der Waals surface area contributed by atoms with Crippen LogP contribution in [0.3, 0.4) is 0 Å². The summed E-state index contributed by atoms with van der Waals surface area (Å²) < 4.78 is 13.7. The van der Waals surface area contributed by atoms with E-state index in [1.165, 1.54) is 6.07 Å². The van der Waals surface area contributed by atoms with Crippen LogP contribution in [0.5, 0.6) is 0 Å². The van der Waals surface area contributed by atoms with Gasteiger partial charge in [0.2, 0.25) is 0 Å². The number of nitrogens with zero attached hydrogens (tertiary/aromatic N) is 2. The minimum absolute atomic E-state index is 0.239. The van der Waals surface area contributed by atoms with Crippen molar-refractivity contribution in [3.63, 3.8) is 0 Å². The quantitative estimate of drug-likeness (QED) is 0.755. The van der Waals surface area contributed by atoms with Gasteiger partial charge in [0.25, 0.3) is 0 Å². The molecule has 1 heterocycles. The number of nitrogens with one attached hydrogen (secondary N) is 1. The van der Waals surface area contributed by atoms with Gasteiger partial charge in [-0.15, -0.1) is 0 Å². The van der Waals surface area contributed by atoms with Crippen LogP contribution >= 0.6 is 0 Å². The summed E-state index contributed by atoms with van der Waals surface area (Å²) in [4.78, 5) is 4.38. The molecule has 0 saturated carbocycles. The zero-order valence-electron chi connectivity index (χ0n) is 10.2. The van der Waals surface area contributed by atoms with Crippen molar-refractivity contribution in [2.45, 2.75) is 6.42 Å². The predicted octanol–water partition coefficient (Wildman–Crippen LogP) is 2.27. The van der Waals surface area contributed by atoms with E-state index in [-0.39, 0.29) is 5.82 Å². The molecule has 5 heteroatoms. The van der Waals surface area contributed by atoms with Crippen molar-refractivity contribution in [1.82, 2.24) is 15.2 Å². The summed E-state index contributed by atoms with van der Waals surface area (Å²) in [6.07, 6.45) is 0.645. The summed E-state index contributed by atoms with van der Waals surface area (Å²) in [7, 11) is 0. The standard InChI is InChI=1S/C14H13FN4/c15-12-6-5-11(9-3-1-2-4-10(9)12)14-17-13(7-8-16)18-19-14/h1-6H,7-8,16H2,(H,17,18,19). The van der Waals surface area contributed by atoms with Crippen molar-refractivity contribution >= 4 is 10.8 Å². The number of nitrogens with two attached hydrogens (primary N) is 1. The van der Waals surface area contributed by atoms with Crippen molar-refractivity contribution < 1.29 is 4.39 Å². The van der Waals surface area contributed by atoms with Gasteiger partial charge in [-0.2, -0.15) is 5.10 Å². The van der Waals surface area contributed by atoms with Crippen LogP contribution in [-0.2, 0) is 6.42 Å². The number of hydrogen-bond acceptors (Lipinski definition) is 3. The molecule has 1 aromatic heterocycles. The van der Waals surface area contributed by atoms with Crippen LogP contribution in [0.4, 0.5) is 4.39 Å². The van der Waals surface area contributed by atoms with E-state index in [2.05, 4.69) is 15.2 Å². The Morgan fingerprint density at radius 3 is 2.68 bits per heavy atom. The highest BCUT2D eigenvalue weighted by Gasteiger charge is 2.11. The molecule has 0 saturated heterocycles. The highest BCUT2D eigenvalue weighted by atomic mass is 19.1. The maximum absolute atomic E-state index is 13.7. The molecule has 0 aliphatic carbocycles. The van der Waals surface area contributed by atoms with Crippen molar-refractivity contribution in [2.75, 3.05) is 6.54 Å². The van der Waals surface area contributed by atoms with Crippen LogP contribution in [0, 0.1) is 5.82 Å².